The highest BCUT2D eigenvalue weighted by atomic mass is 32.1. The molecular weight excluding hydrogens is 390 g/mol. The number of anilines is 2. The van der Waals surface area contributed by atoms with Crippen molar-refractivity contribution in [3.63, 3.8) is 0 Å². The van der Waals surface area contributed by atoms with Crippen LogP contribution < -0.4 is 16.0 Å². The van der Waals surface area contributed by atoms with Gasteiger partial charge in [-0.3, -0.25) is 14.4 Å². The van der Waals surface area contributed by atoms with Crippen LogP contribution in [-0.4, -0.2) is 30.0 Å². The summed E-state index contributed by atoms with van der Waals surface area (Å²) in [5.41, 5.74) is 2.34. The Hall–Kier alpha value is -3.26. The second-order valence-electron chi connectivity index (χ2n) is 6.19. The molecule has 0 aliphatic carbocycles. The normalized spacial score (nSPS) is 9.97. The van der Waals surface area contributed by atoms with E-state index in [1.807, 2.05) is 30.3 Å². The second-order valence-corrected chi connectivity index (χ2v) is 6.60. The predicted octanol–water partition coefficient (Wildman–Crippen LogP) is 3.02. The number of nitrogens with one attached hydrogen (secondary N) is 3. The van der Waals surface area contributed by atoms with Crippen molar-refractivity contribution in [2.24, 2.45) is 0 Å². The zero-order valence-electron chi connectivity index (χ0n) is 16.1. The van der Waals surface area contributed by atoms with Crippen molar-refractivity contribution in [2.45, 2.75) is 25.7 Å². The van der Waals surface area contributed by atoms with Gasteiger partial charge in [0.05, 0.1) is 13.5 Å². The number of thiocarbonyl (C=S) groups is 1. The fraction of sp³-hybridized carbons (Fsp3) is 0.238. The van der Waals surface area contributed by atoms with Crippen molar-refractivity contribution in [2.75, 3.05) is 17.7 Å². The fourth-order valence-electron chi connectivity index (χ4n) is 2.47. The van der Waals surface area contributed by atoms with Crippen LogP contribution in [0.15, 0.2) is 54.6 Å². The number of aryl methyl sites for hydroxylation is 1. The van der Waals surface area contributed by atoms with Gasteiger partial charge in [-0.15, -0.1) is 0 Å². The lowest BCUT2D eigenvalue weighted by Crippen LogP contribution is -2.34. The van der Waals surface area contributed by atoms with E-state index >= 15 is 0 Å². The highest BCUT2D eigenvalue weighted by Gasteiger charge is 2.09. The molecule has 0 spiro atoms. The molecule has 3 N–H and O–H groups in total. The maximum Gasteiger partial charge on any atom is 0.306 e. The molecule has 0 aliphatic heterocycles. The zero-order chi connectivity index (χ0) is 21.1. The SMILES string of the molecule is COC(=O)CCC(=O)NC(=S)Nc1cccc(NC(=O)CCc2ccccc2)c1. The van der Waals surface area contributed by atoms with Gasteiger partial charge in [0.15, 0.2) is 5.11 Å². The average Bonchev–Trinajstić information content (AvgIpc) is 2.71. The molecular formula is C21H23N3O4S. The Bertz CT molecular complexity index is 871. The van der Waals surface area contributed by atoms with Crippen molar-refractivity contribution < 1.29 is 19.1 Å². The van der Waals surface area contributed by atoms with Crippen LogP contribution in [0.3, 0.4) is 0 Å². The predicted molar refractivity (Wildman–Crippen MR) is 115 cm³/mol. The molecule has 2 aromatic carbocycles. The van der Waals surface area contributed by atoms with Crippen molar-refractivity contribution in [3.05, 3.63) is 60.2 Å². The minimum atomic E-state index is -0.463. The van der Waals surface area contributed by atoms with Gasteiger partial charge in [-0.25, -0.2) is 0 Å². The number of esters is 1. The van der Waals surface area contributed by atoms with Gasteiger partial charge in [0.2, 0.25) is 11.8 Å². The third-order valence-corrected chi connectivity index (χ3v) is 4.13. The number of carbonyl (C=O) groups excluding carboxylic acids is 3. The first-order chi connectivity index (χ1) is 14.0. The first-order valence-electron chi connectivity index (χ1n) is 9.08. The molecule has 0 saturated carbocycles. The van der Waals surface area contributed by atoms with Crippen LogP contribution in [0.5, 0.6) is 0 Å². The van der Waals surface area contributed by atoms with Crippen LogP contribution in [0.1, 0.15) is 24.8 Å². The van der Waals surface area contributed by atoms with E-state index in [1.54, 1.807) is 24.3 Å². The third-order valence-electron chi connectivity index (χ3n) is 3.92. The van der Waals surface area contributed by atoms with Gasteiger partial charge in [-0.05, 0) is 42.4 Å². The van der Waals surface area contributed by atoms with Gasteiger partial charge < -0.3 is 20.7 Å². The number of hydrogen-bond donors (Lipinski definition) is 3. The minimum Gasteiger partial charge on any atom is -0.469 e. The summed E-state index contributed by atoms with van der Waals surface area (Å²) in [7, 11) is 1.26. The van der Waals surface area contributed by atoms with Crippen molar-refractivity contribution in [1.29, 1.82) is 0 Å². The quantitative estimate of drug-likeness (QED) is 0.455. The summed E-state index contributed by atoms with van der Waals surface area (Å²) < 4.78 is 4.49. The summed E-state index contributed by atoms with van der Waals surface area (Å²) in [4.78, 5) is 35.0. The molecule has 0 fully saturated rings. The average molecular weight is 413 g/mol. The Morgan fingerprint density at radius 3 is 2.24 bits per heavy atom. The van der Waals surface area contributed by atoms with E-state index in [0.717, 1.165) is 5.56 Å². The molecule has 152 valence electrons. The van der Waals surface area contributed by atoms with Gasteiger partial charge >= 0.3 is 5.97 Å². The molecule has 0 heterocycles. The van der Waals surface area contributed by atoms with E-state index < -0.39 is 11.9 Å². The Labute approximate surface area is 174 Å². The molecule has 8 heteroatoms. The molecule has 0 unspecified atom stereocenters. The third kappa shape index (κ3) is 8.52. The lowest BCUT2D eigenvalue weighted by atomic mass is 10.1. The van der Waals surface area contributed by atoms with Gasteiger partial charge in [0.25, 0.3) is 0 Å². The minimum absolute atomic E-state index is 0.0184. The van der Waals surface area contributed by atoms with E-state index in [4.69, 9.17) is 12.2 Å². The second kappa shape index (κ2) is 11.6. The maximum atomic E-state index is 12.2. The van der Waals surface area contributed by atoms with Gasteiger partial charge in [-0.1, -0.05) is 36.4 Å². The number of methoxy groups -OCH3 is 1. The first-order valence-corrected chi connectivity index (χ1v) is 9.48. The Morgan fingerprint density at radius 1 is 0.862 bits per heavy atom. The van der Waals surface area contributed by atoms with Crippen LogP contribution in [-0.2, 0) is 25.5 Å². The fourth-order valence-corrected chi connectivity index (χ4v) is 2.70. The number of benzene rings is 2. The van der Waals surface area contributed by atoms with E-state index in [0.29, 0.717) is 24.2 Å². The van der Waals surface area contributed by atoms with E-state index in [2.05, 4.69) is 20.7 Å². The number of rotatable bonds is 8. The lowest BCUT2D eigenvalue weighted by molar-refractivity contribution is -0.142. The van der Waals surface area contributed by atoms with E-state index in [1.165, 1.54) is 7.11 Å². The number of amides is 2. The zero-order valence-corrected chi connectivity index (χ0v) is 16.9. The van der Waals surface area contributed by atoms with Gasteiger partial charge in [-0.2, -0.15) is 0 Å². The number of hydrogen-bond acceptors (Lipinski definition) is 5. The topological polar surface area (TPSA) is 96.5 Å². The smallest absolute Gasteiger partial charge is 0.306 e. The largest absolute Gasteiger partial charge is 0.469 e. The summed E-state index contributed by atoms with van der Waals surface area (Å²) in [6.45, 7) is 0. The van der Waals surface area contributed by atoms with E-state index in [-0.39, 0.29) is 23.9 Å². The Kier molecular flexibility index (Phi) is 8.78. The van der Waals surface area contributed by atoms with Crippen LogP contribution in [0.4, 0.5) is 11.4 Å². The van der Waals surface area contributed by atoms with Crippen LogP contribution >= 0.6 is 12.2 Å². The highest BCUT2D eigenvalue weighted by molar-refractivity contribution is 7.80. The molecule has 0 aromatic heterocycles. The Morgan fingerprint density at radius 2 is 1.55 bits per heavy atom. The van der Waals surface area contributed by atoms with Crippen LogP contribution in [0, 0.1) is 0 Å². The molecule has 0 saturated heterocycles. The van der Waals surface area contributed by atoms with Gasteiger partial charge in [0, 0.05) is 24.2 Å². The summed E-state index contributed by atoms with van der Waals surface area (Å²) in [6, 6.07) is 16.8. The molecule has 2 amide bonds. The molecule has 7 nitrogen and oxygen atoms in total. The molecule has 0 radical (unpaired) electrons. The highest BCUT2D eigenvalue weighted by Crippen LogP contribution is 2.15. The number of ether oxygens (including phenoxy) is 1. The summed E-state index contributed by atoms with van der Waals surface area (Å²) in [6.07, 6.45) is 0.990. The first kappa shape index (κ1) is 22.0. The standard InChI is InChI=1S/C21H23N3O4S/c1-28-20(27)13-12-19(26)24-21(29)23-17-9-5-8-16(14-17)22-18(25)11-10-15-6-3-2-4-7-15/h2-9,14H,10-13H2,1H3,(H,22,25)(H2,23,24,26,29). The van der Waals surface area contributed by atoms with Crippen molar-refractivity contribution in [1.82, 2.24) is 5.32 Å². The van der Waals surface area contributed by atoms with Crippen LogP contribution in [0.2, 0.25) is 0 Å². The molecule has 2 aromatic rings. The Balaban J connectivity index is 1.80. The van der Waals surface area contributed by atoms with Gasteiger partial charge in [0.1, 0.15) is 0 Å². The van der Waals surface area contributed by atoms with Crippen molar-refractivity contribution in [3.8, 4) is 0 Å². The summed E-state index contributed by atoms with van der Waals surface area (Å²) in [5, 5.41) is 8.32. The maximum absolute atomic E-state index is 12.2. The molecule has 0 bridgehead atoms. The monoisotopic (exact) mass is 413 g/mol. The van der Waals surface area contributed by atoms with Crippen molar-refractivity contribution >= 4 is 46.5 Å². The summed E-state index contributed by atoms with van der Waals surface area (Å²) in [5.74, 6) is -0.947. The van der Waals surface area contributed by atoms with E-state index in [9.17, 15) is 14.4 Å². The summed E-state index contributed by atoms with van der Waals surface area (Å²) >= 11 is 5.10. The van der Waals surface area contributed by atoms with Crippen LogP contribution in [0.25, 0.3) is 0 Å². The molecule has 29 heavy (non-hydrogen) atoms. The lowest BCUT2D eigenvalue weighted by Gasteiger charge is -2.11. The molecule has 2 rings (SSSR count). The molecule has 0 aliphatic rings. The molecule has 0 atom stereocenters. The number of carbonyl (C=O) groups is 3.